The van der Waals surface area contributed by atoms with Crippen molar-refractivity contribution in [2.75, 3.05) is 13.1 Å². The Morgan fingerprint density at radius 2 is 1.82 bits per heavy atom. The molecule has 0 radical (unpaired) electrons. The summed E-state index contributed by atoms with van der Waals surface area (Å²) < 4.78 is 2.34. The van der Waals surface area contributed by atoms with Gasteiger partial charge in [-0.25, -0.2) is 0 Å². The number of nitrogens with zero attached hydrogens (tertiary/aromatic N) is 4. The third-order valence-electron chi connectivity index (χ3n) is 6.23. The van der Waals surface area contributed by atoms with Gasteiger partial charge in [0.2, 0.25) is 0 Å². The zero-order valence-electron chi connectivity index (χ0n) is 16.2. The average Bonchev–Trinajstić information content (AvgIpc) is 3.01. The maximum atomic E-state index is 13.4. The van der Waals surface area contributed by atoms with E-state index in [1.165, 1.54) is 19.3 Å². The molecule has 2 aliphatic heterocycles. The predicted octanol–water partition coefficient (Wildman–Crippen LogP) is 4.18. The molecule has 1 aromatic heterocycles. The second-order valence-electron chi connectivity index (χ2n) is 8.05. The van der Waals surface area contributed by atoms with Crippen molar-refractivity contribution in [1.82, 2.24) is 19.7 Å². The number of rotatable bonds is 2. The lowest BCUT2D eigenvalue weighted by Crippen LogP contribution is -2.40. The Hall–Kier alpha value is -2.69. The van der Waals surface area contributed by atoms with Crippen molar-refractivity contribution in [3.8, 4) is 0 Å². The summed E-state index contributed by atoms with van der Waals surface area (Å²) >= 11 is 0. The number of aromatic nitrogens is 3. The van der Waals surface area contributed by atoms with E-state index < -0.39 is 0 Å². The number of fused-ring (bicyclic) bond motifs is 2. The molecule has 3 aromatic rings. The Morgan fingerprint density at radius 3 is 2.79 bits per heavy atom. The highest BCUT2D eigenvalue weighted by molar-refractivity contribution is 6.07. The molecule has 0 spiro atoms. The summed E-state index contributed by atoms with van der Waals surface area (Å²) in [5.41, 5.74) is 0.804. The average molecular weight is 374 g/mol. The van der Waals surface area contributed by atoms with E-state index in [1.54, 1.807) is 0 Å². The van der Waals surface area contributed by atoms with Crippen LogP contribution in [0.3, 0.4) is 0 Å². The molecule has 5 rings (SSSR count). The van der Waals surface area contributed by atoms with Crippen LogP contribution in [0.1, 0.15) is 60.0 Å². The monoisotopic (exact) mass is 374 g/mol. The summed E-state index contributed by atoms with van der Waals surface area (Å²) in [5, 5.41) is 11.2. The van der Waals surface area contributed by atoms with Gasteiger partial charge < -0.3 is 9.47 Å². The zero-order chi connectivity index (χ0) is 18.9. The standard InChI is InChI=1S/C23H26N4O/c28-23(20-12-6-9-17-8-3-4-11-19(17)20)26-14-7-10-18(16-26)22-25-24-21-13-2-1-5-15-27(21)22/h3-4,6,8-9,11-12,18H,1-2,5,7,10,13-16H2. The summed E-state index contributed by atoms with van der Waals surface area (Å²) in [5.74, 6) is 2.64. The van der Waals surface area contributed by atoms with Crippen LogP contribution >= 0.6 is 0 Å². The van der Waals surface area contributed by atoms with Gasteiger partial charge in [0.05, 0.1) is 0 Å². The first-order chi connectivity index (χ1) is 13.8. The lowest BCUT2D eigenvalue weighted by atomic mass is 9.95. The van der Waals surface area contributed by atoms with Gasteiger partial charge in [0.25, 0.3) is 5.91 Å². The molecule has 5 nitrogen and oxygen atoms in total. The van der Waals surface area contributed by atoms with Crippen LogP contribution in [0.15, 0.2) is 42.5 Å². The van der Waals surface area contributed by atoms with Crippen molar-refractivity contribution in [2.24, 2.45) is 0 Å². The third-order valence-corrected chi connectivity index (χ3v) is 6.23. The topological polar surface area (TPSA) is 51.0 Å². The Kier molecular flexibility index (Phi) is 4.59. The number of carbonyl (C=O) groups excluding carboxylic acids is 1. The van der Waals surface area contributed by atoms with E-state index in [0.29, 0.717) is 0 Å². The predicted molar refractivity (Wildman–Crippen MR) is 109 cm³/mol. The van der Waals surface area contributed by atoms with Gasteiger partial charge in [-0.2, -0.15) is 0 Å². The summed E-state index contributed by atoms with van der Waals surface area (Å²) in [6.45, 7) is 2.57. The van der Waals surface area contributed by atoms with Gasteiger partial charge in [-0.3, -0.25) is 4.79 Å². The highest BCUT2D eigenvalue weighted by Gasteiger charge is 2.30. The Bertz CT molecular complexity index is 1000. The van der Waals surface area contributed by atoms with E-state index in [2.05, 4.69) is 26.9 Å². The molecule has 0 bridgehead atoms. The molecular formula is C23H26N4O. The molecule has 1 saturated heterocycles. The summed E-state index contributed by atoms with van der Waals surface area (Å²) in [7, 11) is 0. The van der Waals surface area contributed by atoms with Crippen LogP contribution in [0.5, 0.6) is 0 Å². The maximum absolute atomic E-state index is 13.4. The van der Waals surface area contributed by atoms with Crippen molar-refractivity contribution >= 4 is 16.7 Å². The van der Waals surface area contributed by atoms with E-state index in [4.69, 9.17) is 0 Å². The molecule has 1 unspecified atom stereocenters. The van der Waals surface area contributed by atoms with Gasteiger partial charge in [-0.05, 0) is 42.5 Å². The smallest absolute Gasteiger partial charge is 0.254 e. The normalized spacial score (nSPS) is 20.0. The first kappa shape index (κ1) is 17.4. The van der Waals surface area contributed by atoms with E-state index in [-0.39, 0.29) is 11.8 Å². The fourth-order valence-electron chi connectivity index (χ4n) is 4.76. The van der Waals surface area contributed by atoms with Crippen LogP contribution in [0.25, 0.3) is 10.8 Å². The van der Waals surface area contributed by atoms with Gasteiger partial charge in [0.15, 0.2) is 0 Å². The Morgan fingerprint density at radius 1 is 0.929 bits per heavy atom. The summed E-state index contributed by atoms with van der Waals surface area (Å²) in [6, 6.07) is 14.1. The van der Waals surface area contributed by atoms with Crippen molar-refractivity contribution < 1.29 is 4.79 Å². The second kappa shape index (κ2) is 7.38. The molecule has 3 heterocycles. The lowest BCUT2D eigenvalue weighted by Gasteiger charge is -2.32. The molecule has 1 amide bonds. The lowest BCUT2D eigenvalue weighted by molar-refractivity contribution is 0.0705. The quantitative estimate of drug-likeness (QED) is 0.676. The van der Waals surface area contributed by atoms with E-state index in [1.807, 2.05) is 35.2 Å². The number of hydrogen-bond donors (Lipinski definition) is 0. The van der Waals surface area contributed by atoms with Gasteiger partial charge in [-0.1, -0.05) is 42.8 Å². The molecule has 1 fully saturated rings. The fourth-order valence-corrected chi connectivity index (χ4v) is 4.76. The van der Waals surface area contributed by atoms with Gasteiger partial charge >= 0.3 is 0 Å². The van der Waals surface area contributed by atoms with Gasteiger partial charge in [-0.15, -0.1) is 10.2 Å². The van der Waals surface area contributed by atoms with Crippen LogP contribution in [0.2, 0.25) is 0 Å². The van der Waals surface area contributed by atoms with E-state index >= 15 is 0 Å². The number of amides is 1. The van der Waals surface area contributed by atoms with Crippen LogP contribution in [0, 0.1) is 0 Å². The van der Waals surface area contributed by atoms with Crippen molar-refractivity contribution in [3.05, 3.63) is 59.7 Å². The minimum absolute atomic E-state index is 0.136. The molecule has 0 saturated carbocycles. The molecule has 144 valence electrons. The number of hydrogen-bond acceptors (Lipinski definition) is 3. The molecule has 0 aliphatic carbocycles. The van der Waals surface area contributed by atoms with Crippen LogP contribution in [-0.4, -0.2) is 38.7 Å². The Balaban J connectivity index is 1.42. The zero-order valence-corrected chi connectivity index (χ0v) is 16.2. The number of piperidine rings is 1. The van der Waals surface area contributed by atoms with Crippen molar-refractivity contribution in [3.63, 3.8) is 0 Å². The van der Waals surface area contributed by atoms with E-state index in [0.717, 1.165) is 66.9 Å². The van der Waals surface area contributed by atoms with Crippen LogP contribution in [-0.2, 0) is 13.0 Å². The number of benzene rings is 2. The minimum Gasteiger partial charge on any atom is -0.338 e. The summed E-state index contributed by atoms with van der Waals surface area (Å²) in [4.78, 5) is 15.4. The van der Waals surface area contributed by atoms with Crippen LogP contribution in [0.4, 0.5) is 0 Å². The first-order valence-electron chi connectivity index (χ1n) is 10.5. The maximum Gasteiger partial charge on any atom is 0.254 e. The molecule has 5 heteroatoms. The molecule has 0 N–H and O–H groups in total. The first-order valence-corrected chi connectivity index (χ1v) is 10.5. The Labute approximate surface area is 165 Å². The highest BCUT2D eigenvalue weighted by Crippen LogP contribution is 2.29. The SMILES string of the molecule is O=C(c1cccc2ccccc12)N1CCCC(c2nnc3n2CCCCC3)C1. The third kappa shape index (κ3) is 3.09. The number of aryl methyl sites for hydroxylation is 1. The fraction of sp³-hybridized carbons (Fsp3) is 0.435. The second-order valence-corrected chi connectivity index (χ2v) is 8.05. The molecular weight excluding hydrogens is 348 g/mol. The number of carbonyl (C=O) groups is 1. The molecule has 2 aromatic carbocycles. The summed E-state index contributed by atoms with van der Waals surface area (Å²) in [6.07, 6.45) is 6.79. The minimum atomic E-state index is 0.136. The van der Waals surface area contributed by atoms with Gasteiger partial charge in [0.1, 0.15) is 11.6 Å². The number of likely N-dealkylation sites (tertiary alicyclic amines) is 1. The molecule has 2 aliphatic rings. The highest BCUT2D eigenvalue weighted by atomic mass is 16.2. The van der Waals surface area contributed by atoms with Crippen molar-refractivity contribution in [1.29, 1.82) is 0 Å². The van der Waals surface area contributed by atoms with Crippen LogP contribution < -0.4 is 0 Å². The largest absolute Gasteiger partial charge is 0.338 e. The molecule has 1 atom stereocenters. The van der Waals surface area contributed by atoms with Crippen molar-refractivity contribution in [2.45, 2.75) is 51.0 Å². The van der Waals surface area contributed by atoms with Gasteiger partial charge in [0, 0.05) is 37.5 Å². The molecule has 28 heavy (non-hydrogen) atoms. The van der Waals surface area contributed by atoms with E-state index in [9.17, 15) is 4.79 Å².